The molecule has 0 bridgehead atoms. The van der Waals surface area contributed by atoms with Gasteiger partial charge in [-0.1, -0.05) is 72.2 Å². The summed E-state index contributed by atoms with van der Waals surface area (Å²) in [6.45, 7) is 26.2. The number of Topliss-reactive ketones (excluding diaryl/α,β-unsaturated/α-hetero) is 3. The zero-order chi connectivity index (χ0) is 39.3. The summed E-state index contributed by atoms with van der Waals surface area (Å²) < 4.78 is 0. The number of allylic oxidation sites excluding steroid dienone is 4. The first-order chi connectivity index (χ1) is 24.0. The van der Waals surface area contributed by atoms with Crippen molar-refractivity contribution in [1.29, 1.82) is 0 Å². The number of carbonyl (C=O) groups is 3. The molecule has 1 N–H and O–H groups in total. The summed E-state index contributed by atoms with van der Waals surface area (Å²) in [5, 5.41) is 3.72. The van der Waals surface area contributed by atoms with E-state index in [0.717, 1.165) is 12.6 Å². The van der Waals surface area contributed by atoms with Gasteiger partial charge in [0.15, 0.2) is 11.6 Å². The van der Waals surface area contributed by atoms with Crippen LogP contribution in [0.25, 0.3) is 11.1 Å². The largest absolute Gasteiger partial charge is 0.309 e. The van der Waals surface area contributed by atoms with E-state index in [-0.39, 0.29) is 46.3 Å². The van der Waals surface area contributed by atoms with Crippen LogP contribution in [-0.4, -0.2) is 48.4 Å². The van der Waals surface area contributed by atoms with Crippen molar-refractivity contribution in [1.82, 2.24) is 10.2 Å². The summed E-state index contributed by atoms with van der Waals surface area (Å²) in [6, 6.07) is 12.9. The van der Waals surface area contributed by atoms with Crippen LogP contribution in [-0.2, 0) is 31.7 Å². The standard InChI is InChI=1S/C27H38NO.C9H12O2.C8H17N.C2H2.Cr/c1-17(2)12-18(3)16-28-26(14-22(7)29)25-15-24(13-21(6)23(25)8)27-19(4)10-9-11-20(27)5;1-4-5-6-9(7(2)10)8(3)11;1-3-7-9(2)8-5-4-6-8;1-2;/h10-11,13,15,17-18,26,28H,12,14,16H2,1-8H3;4-6H,1-3H3;8H,3-7H2,1-2H3;1-2H;/q-1;;;;/b;5-4-;;;/t18-,26?;;;;/m0..../s1. The first kappa shape index (κ1) is 51.0. The third-order valence-corrected chi connectivity index (χ3v) is 9.33. The first-order valence-electron chi connectivity index (χ1n) is 18.7. The number of rotatable bonds is 15. The van der Waals surface area contributed by atoms with Gasteiger partial charge >= 0.3 is 0 Å². The fraction of sp³-hybridized carbons (Fsp3) is 0.543. The average Bonchev–Trinajstić information content (AvgIpc) is 3.01. The number of ketones is 3. The Hall–Kier alpha value is -3.06. The van der Waals surface area contributed by atoms with E-state index in [1.165, 1.54) is 97.5 Å². The van der Waals surface area contributed by atoms with Crippen LogP contribution in [0.4, 0.5) is 0 Å². The third kappa shape index (κ3) is 18.6. The Morgan fingerprint density at radius 3 is 1.94 bits per heavy atom. The predicted octanol–water partition coefficient (Wildman–Crippen LogP) is 10.5. The number of carbonyl (C=O) groups excluding carboxylic acids is 3. The molecule has 1 unspecified atom stereocenters. The van der Waals surface area contributed by atoms with E-state index in [1.807, 2.05) is 6.92 Å². The third-order valence-electron chi connectivity index (χ3n) is 9.33. The maximum atomic E-state index is 12.1. The van der Waals surface area contributed by atoms with Crippen molar-refractivity contribution < 1.29 is 31.7 Å². The number of aryl methyl sites for hydroxylation is 3. The molecule has 2 aromatic rings. The van der Waals surface area contributed by atoms with Gasteiger partial charge in [-0.05, 0) is 128 Å². The average molecular weight is 750 g/mol. The topological polar surface area (TPSA) is 66.5 Å². The first-order valence-corrected chi connectivity index (χ1v) is 18.7. The van der Waals surface area contributed by atoms with E-state index in [9.17, 15) is 14.4 Å². The van der Waals surface area contributed by atoms with Gasteiger partial charge in [-0.2, -0.15) is 29.3 Å². The van der Waals surface area contributed by atoms with Gasteiger partial charge in [0.1, 0.15) is 5.78 Å². The van der Waals surface area contributed by atoms with Crippen molar-refractivity contribution >= 4 is 17.3 Å². The number of nitrogens with one attached hydrogen (secondary N) is 1. The Balaban J connectivity index is 0. The number of terminal acetylenes is 1. The Morgan fingerprint density at radius 2 is 1.52 bits per heavy atom. The van der Waals surface area contributed by atoms with E-state index in [4.69, 9.17) is 0 Å². The van der Waals surface area contributed by atoms with Crippen LogP contribution in [0.1, 0.15) is 128 Å². The molecule has 0 saturated heterocycles. The second kappa shape index (κ2) is 27.5. The van der Waals surface area contributed by atoms with Crippen molar-refractivity contribution in [2.24, 2.45) is 11.8 Å². The minimum Gasteiger partial charge on any atom is -0.309 e. The van der Waals surface area contributed by atoms with Crippen LogP contribution in [0, 0.1) is 58.4 Å². The zero-order valence-corrected chi connectivity index (χ0v) is 36.0. The molecular formula is C46H69CrN2O3-. The molecule has 0 aromatic heterocycles. The monoisotopic (exact) mass is 749 g/mol. The van der Waals surface area contributed by atoms with Crippen molar-refractivity contribution in [2.75, 3.05) is 20.1 Å². The minimum atomic E-state index is -0.185. The summed E-state index contributed by atoms with van der Waals surface area (Å²) in [7, 11) is 2.24. The van der Waals surface area contributed by atoms with Gasteiger partial charge in [0.2, 0.25) is 0 Å². The summed E-state index contributed by atoms with van der Waals surface area (Å²) in [4.78, 5) is 36.1. The number of nitrogens with zero attached hydrogens (tertiary/aromatic N) is 1. The summed E-state index contributed by atoms with van der Waals surface area (Å²) >= 11 is 0. The Morgan fingerprint density at radius 1 is 0.962 bits per heavy atom. The van der Waals surface area contributed by atoms with Gasteiger partial charge in [-0.3, -0.25) is 14.4 Å². The van der Waals surface area contributed by atoms with Crippen LogP contribution >= 0.6 is 0 Å². The van der Waals surface area contributed by atoms with Crippen LogP contribution in [0.15, 0.2) is 48.1 Å². The molecule has 5 nitrogen and oxygen atoms in total. The maximum absolute atomic E-state index is 12.1. The molecule has 6 heteroatoms. The minimum absolute atomic E-state index is 0. The maximum Gasteiger partial charge on any atom is 0.163 e. The van der Waals surface area contributed by atoms with E-state index in [1.54, 1.807) is 19.1 Å². The molecule has 0 aliphatic heterocycles. The van der Waals surface area contributed by atoms with E-state index in [0.29, 0.717) is 18.3 Å². The van der Waals surface area contributed by atoms with Crippen LogP contribution in [0.2, 0.25) is 0 Å². The second-order valence-corrected chi connectivity index (χ2v) is 14.6. The Labute approximate surface area is 329 Å². The van der Waals surface area contributed by atoms with E-state index in [2.05, 4.69) is 116 Å². The molecule has 52 heavy (non-hydrogen) atoms. The molecule has 0 spiro atoms. The van der Waals surface area contributed by atoms with E-state index >= 15 is 0 Å². The molecule has 0 amide bonds. The van der Waals surface area contributed by atoms with Crippen LogP contribution < -0.4 is 5.32 Å². The fourth-order valence-corrected chi connectivity index (χ4v) is 6.44. The van der Waals surface area contributed by atoms with Crippen molar-refractivity contribution in [2.45, 2.75) is 134 Å². The van der Waals surface area contributed by atoms with Gasteiger partial charge in [-0.15, -0.1) is 18.4 Å². The van der Waals surface area contributed by atoms with Gasteiger partial charge in [0.25, 0.3) is 0 Å². The van der Waals surface area contributed by atoms with Gasteiger partial charge in [0, 0.05) is 35.9 Å². The smallest absolute Gasteiger partial charge is 0.163 e. The molecule has 1 saturated carbocycles. The zero-order valence-electron chi connectivity index (χ0n) is 34.7. The fourth-order valence-electron chi connectivity index (χ4n) is 6.44. The molecule has 1 aliphatic rings. The quantitative estimate of drug-likeness (QED) is 0.0491. The second-order valence-electron chi connectivity index (χ2n) is 14.6. The normalized spacial score (nSPS) is 13.2. The van der Waals surface area contributed by atoms with Gasteiger partial charge in [-0.25, -0.2) is 0 Å². The van der Waals surface area contributed by atoms with Gasteiger partial charge in [0.05, 0.1) is 5.57 Å². The molecule has 3 rings (SSSR count). The molecule has 0 heterocycles. The van der Waals surface area contributed by atoms with E-state index < -0.39 is 0 Å². The Kier molecular flexibility index (Phi) is 27.0. The summed E-state index contributed by atoms with van der Waals surface area (Å²) in [6.07, 6.45) is 20.3. The van der Waals surface area contributed by atoms with Crippen LogP contribution in [0.5, 0.6) is 0 Å². The molecular weight excluding hydrogens is 681 g/mol. The molecule has 2 atom stereocenters. The van der Waals surface area contributed by atoms with Crippen LogP contribution in [0.3, 0.4) is 0 Å². The number of benzene rings is 2. The number of hydrogen-bond acceptors (Lipinski definition) is 5. The SMILES string of the molecule is C#C.C/C=C\C=C(C(C)=O)C(C)=O.CC(=O)CC(NC[C@@H](C)CC(C)C)c1cc(-c2c(C)c[c-]cc2C)cc(C)c1C.CCCN(C)C1CCC1.[Cr]. The van der Waals surface area contributed by atoms with Crippen molar-refractivity contribution in [3.8, 4) is 24.0 Å². The van der Waals surface area contributed by atoms with Crippen molar-refractivity contribution in [3.63, 3.8) is 0 Å². The predicted molar refractivity (Wildman–Crippen MR) is 219 cm³/mol. The Bertz CT molecular complexity index is 1430. The van der Waals surface area contributed by atoms with Crippen molar-refractivity contribution in [3.05, 3.63) is 82.0 Å². The molecule has 0 radical (unpaired) electrons. The summed E-state index contributed by atoms with van der Waals surface area (Å²) in [5.41, 5.74) is 9.04. The number of hydrogen-bond donors (Lipinski definition) is 1. The summed E-state index contributed by atoms with van der Waals surface area (Å²) in [5.74, 6) is 1.13. The molecule has 1 aliphatic carbocycles. The molecule has 1 fully saturated rings. The van der Waals surface area contributed by atoms with Gasteiger partial charge < -0.3 is 10.2 Å². The molecule has 2 aromatic carbocycles. The molecule has 288 valence electrons.